The van der Waals surface area contributed by atoms with Crippen molar-refractivity contribution in [1.82, 2.24) is 15.0 Å². The highest BCUT2D eigenvalue weighted by Crippen LogP contribution is 2.40. The lowest BCUT2D eigenvalue weighted by Gasteiger charge is -2.15. The lowest BCUT2D eigenvalue weighted by molar-refractivity contribution is 0.0769. The topological polar surface area (TPSA) is 77.7 Å². The van der Waals surface area contributed by atoms with Crippen LogP contribution in [0.2, 0.25) is 5.02 Å². The number of aromatic nitrogens is 2. The second-order valence-electron chi connectivity index (χ2n) is 4.81. The SMILES string of the molecule is CCc1noc(CN(C)C(=O)c2cc(Cl)c3c(c2)OCO3)n1. The number of halogens is 1. The molecule has 8 heteroatoms. The molecule has 2 heterocycles. The van der Waals surface area contributed by atoms with Gasteiger partial charge in [0.25, 0.3) is 5.91 Å². The van der Waals surface area contributed by atoms with Gasteiger partial charge >= 0.3 is 0 Å². The molecule has 7 nitrogen and oxygen atoms in total. The van der Waals surface area contributed by atoms with Crippen LogP contribution in [0.1, 0.15) is 29.0 Å². The number of benzene rings is 1. The summed E-state index contributed by atoms with van der Waals surface area (Å²) in [6.45, 7) is 2.25. The monoisotopic (exact) mass is 323 g/mol. The van der Waals surface area contributed by atoms with Crippen LogP contribution in [-0.2, 0) is 13.0 Å². The average Bonchev–Trinajstić information content (AvgIpc) is 3.15. The normalized spacial score (nSPS) is 12.5. The van der Waals surface area contributed by atoms with Crippen LogP contribution in [0.15, 0.2) is 16.7 Å². The molecule has 116 valence electrons. The molecule has 0 spiro atoms. The number of ether oxygens (including phenoxy) is 2. The van der Waals surface area contributed by atoms with Crippen molar-refractivity contribution in [2.45, 2.75) is 19.9 Å². The summed E-state index contributed by atoms with van der Waals surface area (Å²) < 4.78 is 15.6. The van der Waals surface area contributed by atoms with E-state index in [1.54, 1.807) is 19.2 Å². The van der Waals surface area contributed by atoms with E-state index in [1.165, 1.54) is 4.90 Å². The Morgan fingerprint density at radius 3 is 2.95 bits per heavy atom. The van der Waals surface area contributed by atoms with E-state index >= 15 is 0 Å². The Balaban J connectivity index is 1.77. The van der Waals surface area contributed by atoms with E-state index in [4.69, 9.17) is 25.6 Å². The number of carbonyl (C=O) groups is 1. The molecule has 0 unspecified atom stereocenters. The van der Waals surface area contributed by atoms with E-state index in [-0.39, 0.29) is 19.2 Å². The maximum absolute atomic E-state index is 12.5. The first-order valence-corrected chi connectivity index (χ1v) is 7.12. The summed E-state index contributed by atoms with van der Waals surface area (Å²) in [5.74, 6) is 1.71. The molecule has 0 saturated heterocycles. The molecule has 22 heavy (non-hydrogen) atoms. The number of hydrogen-bond acceptors (Lipinski definition) is 6. The van der Waals surface area contributed by atoms with Gasteiger partial charge in [0.05, 0.1) is 11.6 Å². The van der Waals surface area contributed by atoms with Crippen molar-refractivity contribution in [2.75, 3.05) is 13.8 Å². The zero-order valence-electron chi connectivity index (χ0n) is 12.1. The summed E-state index contributed by atoms with van der Waals surface area (Å²) in [7, 11) is 1.65. The molecule has 0 aliphatic carbocycles. The number of amides is 1. The molecule has 2 aromatic rings. The third kappa shape index (κ3) is 2.71. The molecule has 1 aromatic heterocycles. The Kier molecular flexibility index (Phi) is 3.89. The number of rotatable bonds is 4. The van der Waals surface area contributed by atoms with Crippen LogP contribution in [0.5, 0.6) is 11.5 Å². The van der Waals surface area contributed by atoms with E-state index in [0.29, 0.717) is 40.2 Å². The average molecular weight is 324 g/mol. The van der Waals surface area contributed by atoms with Crippen LogP contribution in [0.3, 0.4) is 0 Å². The van der Waals surface area contributed by atoms with Crippen LogP contribution in [0.4, 0.5) is 0 Å². The van der Waals surface area contributed by atoms with Crippen molar-refractivity contribution in [3.8, 4) is 11.5 Å². The summed E-state index contributed by atoms with van der Waals surface area (Å²) in [6, 6.07) is 3.16. The molecule has 1 aliphatic heterocycles. The molecular weight excluding hydrogens is 310 g/mol. The Labute approximate surface area is 131 Å². The van der Waals surface area contributed by atoms with Gasteiger partial charge in [0.2, 0.25) is 12.7 Å². The smallest absolute Gasteiger partial charge is 0.254 e. The summed E-state index contributed by atoms with van der Waals surface area (Å²) >= 11 is 6.09. The molecule has 3 rings (SSSR count). The zero-order chi connectivity index (χ0) is 15.7. The molecular formula is C14H14ClN3O4. The van der Waals surface area contributed by atoms with Crippen molar-refractivity contribution in [2.24, 2.45) is 0 Å². The van der Waals surface area contributed by atoms with Crippen LogP contribution >= 0.6 is 11.6 Å². The Morgan fingerprint density at radius 1 is 1.41 bits per heavy atom. The molecule has 1 amide bonds. The van der Waals surface area contributed by atoms with Crippen molar-refractivity contribution < 1.29 is 18.8 Å². The predicted octanol–water partition coefficient (Wildman–Crippen LogP) is 2.29. The molecule has 0 atom stereocenters. The second-order valence-corrected chi connectivity index (χ2v) is 5.22. The quantitative estimate of drug-likeness (QED) is 0.859. The maximum Gasteiger partial charge on any atom is 0.254 e. The molecule has 0 bridgehead atoms. The van der Waals surface area contributed by atoms with E-state index in [2.05, 4.69) is 10.1 Å². The zero-order valence-corrected chi connectivity index (χ0v) is 12.9. The summed E-state index contributed by atoms with van der Waals surface area (Å²) in [5, 5.41) is 4.14. The molecule has 1 aliphatic rings. The van der Waals surface area contributed by atoms with Gasteiger partial charge in [-0.3, -0.25) is 4.79 Å². The summed E-state index contributed by atoms with van der Waals surface area (Å²) in [6.07, 6.45) is 0.679. The number of nitrogens with zero attached hydrogens (tertiary/aromatic N) is 3. The number of fused-ring (bicyclic) bond motifs is 1. The van der Waals surface area contributed by atoms with E-state index < -0.39 is 0 Å². The van der Waals surface area contributed by atoms with Gasteiger partial charge in [-0.2, -0.15) is 4.98 Å². The van der Waals surface area contributed by atoms with Gasteiger partial charge in [0.15, 0.2) is 17.3 Å². The Morgan fingerprint density at radius 2 is 2.23 bits per heavy atom. The van der Waals surface area contributed by atoms with Crippen LogP contribution in [0.25, 0.3) is 0 Å². The summed E-state index contributed by atoms with van der Waals surface area (Å²) in [4.78, 5) is 18.1. The minimum atomic E-state index is -0.226. The van der Waals surface area contributed by atoms with Gasteiger partial charge in [-0.05, 0) is 12.1 Å². The van der Waals surface area contributed by atoms with E-state index in [9.17, 15) is 4.79 Å². The van der Waals surface area contributed by atoms with Crippen LogP contribution in [0, 0.1) is 0 Å². The molecule has 0 fully saturated rings. The third-order valence-corrected chi connectivity index (χ3v) is 3.50. The first-order chi connectivity index (χ1) is 10.6. The van der Waals surface area contributed by atoms with Crippen LogP contribution in [-0.4, -0.2) is 34.8 Å². The fourth-order valence-electron chi connectivity index (χ4n) is 2.08. The van der Waals surface area contributed by atoms with Crippen LogP contribution < -0.4 is 9.47 Å². The number of aryl methyl sites for hydroxylation is 1. The largest absolute Gasteiger partial charge is 0.454 e. The van der Waals surface area contributed by atoms with E-state index in [1.807, 2.05) is 6.92 Å². The highest BCUT2D eigenvalue weighted by atomic mass is 35.5. The van der Waals surface area contributed by atoms with Crippen molar-refractivity contribution in [3.05, 3.63) is 34.4 Å². The standard InChI is InChI=1S/C14H14ClN3O4/c1-3-11-16-12(22-17-11)6-18(2)14(19)8-4-9(15)13-10(5-8)20-7-21-13/h4-5H,3,6-7H2,1-2H3. The van der Waals surface area contributed by atoms with Crippen molar-refractivity contribution in [1.29, 1.82) is 0 Å². The molecule has 0 radical (unpaired) electrons. The minimum Gasteiger partial charge on any atom is -0.454 e. The lowest BCUT2D eigenvalue weighted by Crippen LogP contribution is -2.26. The maximum atomic E-state index is 12.5. The van der Waals surface area contributed by atoms with Gasteiger partial charge in [-0.15, -0.1) is 0 Å². The van der Waals surface area contributed by atoms with Crippen molar-refractivity contribution in [3.63, 3.8) is 0 Å². The third-order valence-electron chi connectivity index (χ3n) is 3.22. The Bertz CT molecular complexity index is 716. The molecule has 0 N–H and O–H groups in total. The van der Waals surface area contributed by atoms with Gasteiger partial charge in [-0.25, -0.2) is 0 Å². The first kappa shape index (κ1) is 14.6. The minimum absolute atomic E-state index is 0.102. The van der Waals surface area contributed by atoms with Crippen molar-refractivity contribution >= 4 is 17.5 Å². The highest BCUT2D eigenvalue weighted by molar-refractivity contribution is 6.32. The number of hydrogen-bond donors (Lipinski definition) is 0. The van der Waals surface area contributed by atoms with Gasteiger partial charge in [0, 0.05) is 19.0 Å². The van der Waals surface area contributed by atoms with Gasteiger partial charge in [0.1, 0.15) is 0 Å². The Hall–Kier alpha value is -2.28. The van der Waals surface area contributed by atoms with E-state index in [0.717, 1.165) is 0 Å². The lowest BCUT2D eigenvalue weighted by atomic mass is 10.1. The summed E-state index contributed by atoms with van der Waals surface area (Å²) in [5.41, 5.74) is 0.409. The van der Waals surface area contributed by atoms with Gasteiger partial charge in [-0.1, -0.05) is 23.7 Å². The predicted molar refractivity (Wildman–Crippen MR) is 77.0 cm³/mol. The first-order valence-electron chi connectivity index (χ1n) is 6.74. The second kappa shape index (κ2) is 5.84. The fraction of sp³-hybridized carbons (Fsp3) is 0.357. The number of carbonyl (C=O) groups excluding carboxylic acids is 1. The van der Waals surface area contributed by atoms with Gasteiger partial charge < -0.3 is 18.9 Å². The molecule has 0 saturated carbocycles. The fourth-order valence-corrected chi connectivity index (χ4v) is 2.35. The highest BCUT2D eigenvalue weighted by Gasteiger charge is 2.23. The molecule has 1 aromatic carbocycles.